The molecule has 1 rings (SSSR count). The van der Waals surface area contributed by atoms with E-state index in [1.807, 2.05) is 11.5 Å². The molecule has 5 nitrogen and oxygen atoms in total. The first-order valence-electron chi connectivity index (χ1n) is 4.54. The Labute approximate surface area is 83.5 Å². The first-order chi connectivity index (χ1) is 6.46. The van der Waals surface area contributed by atoms with E-state index in [9.17, 15) is 4.79 Å². The Morgan fingerprint density at radius 2 is 2.07 bits per heavy atom. The molecule has 0 saturated heterocycles. The molecule has 0 aliphatic carbocycles. The van der Waals surface area contributed by atoms with Crippen LogP contribution in [0.25, 0.3) is 0 Å². The summed E-state index contributed by atoms with van der Waals surface area (Å²) in [6.07, 6.45) is 0.672. The van der Waals surface area contributed by atoms with E-state index in [-0.39, 0.29) is 5.41 Å². The molecule has 1 N–H and O–H groups in total. The van der Waals surface area contributed by atoms with Gasteiger partial charge in [0, 0.05) is 5.41 Å². The molecule has 0 unspecified atom stereocenters. The van der Waals surface area contributed by atoms with E-state index < -0.39 is 0 Å². The molecule has 0 radical (unpaired) electrons. The minimum absolute atomic E-state index is 0.0637. The summed E-state index contributed by atoms with van der Waals surface area (Å²) in [5, 5.41) is 10.7. The van der Waals surface area contributed by atoms with Gasteiger partial charge >= 0.3 is 0 Å². The first kappa shape index (κ1) is 10.7. The van der Waals surface area contributed by atoms with Crippen LogP contribution in [0.1, 0.15) is 32.4 Å². The topological polar surface area (TPSA) is 59.8 Å². The average molecular weight is 196 g/mol. The molecular weight excluding hydrogens is 180 g/mol. The summed E-state index contributed by atoms with van der Waals surface area (Å²) >= 11 is 0. The summed E-state index contributed by atoms with van der Waals surface area (Å²) in [5.74, 6) is 1.69. The maximum absolute atomic E-state index is 10.2. The molecule has 5 heteroatoms. The Hall–Kier alpha value is -1.39. The van der Waals surface area contributed by atoms with E-state index >= 15 is 0 Å². The van der Waals surface area contributed by atoms with E-state index in [1.54, 1.807) is 0 Å². The van der Waals surface area contributed by atoms with E-state index in [0.29, 0.717) is 13.1 Å². The van der Waals surface area contributed by atoms with Gasteiger partial charge in [0.1, 0.15) is 11.6 Å². The van der Waals surface area contributed by atoms with Gasteiger partial charge in [-0.1, -0.05) is 20.8 Å². The highest BCUT2D eigenvalue weighted by Gasteiger charge is 2.22. The Bertz CT molecular complexity index is 324. The molecule has 0 aliphatic heterocycles. The number of nitrogens with zero attached hydrogens (tertiary/aromatic N) is 3. The molecule has 1 heterocycles. The Kier molecular flexibility index (Phi) is 2.88. The normalized spacial score (nSPS) is 11.4. The third kappa shape index (κ3) is 2.10. The average Bonchev–Trinajstić information content (AvgIpc) is 2.42. The molecule has 0 saturated carbocycles. The molecule has 0 aromatic carbocycles. The number of amides is 1. The molecular formula is C9H16N4O. The minimum atomic E-state index is -0.0637. The fourth-order valence-corrected chi connectivity index (χ4v) is 1.25. The highest BCUT2D eigenvalue weighted by Crippen LogP contribution is 2.20. The standard InChI is InChI=1S/C9H16N4O/c1-7-11-12-8(9(2,3)4)13(7)5-10-6-14/h6H,5H2,1-4H3,(H,10,14). The number of carbonyl (C=O) groups excluding carboxylic acids is 1. The summed E-state index contributed by atoms with van der Waals surface area (Å²) in [5.41, 5.74) is -0.0637. The zero-order chi connectivity index (χ0) is 10.8. The molecule has 1 amide bonds. The Balaban J connectivity index is 3.00. The SMILES string of the molecule is Cc1nnc(C(C)(C)C)n1CNC=O. The van der Waals surface area contributed by atoms with Gasteiger partial charge in [0.2, 0.25) is 6.41 Å². The molecule has 0 bridgehead atoms. The van der Waals surface area contributed by atoms with Crippen molar-refractivity contribution in [3.63, 3.8) is 0 Å². The number of carbonyl (C=O) groups is 1. The summed E-state index contributed by atoms with van der Waals surface area (Å²) in [6.45, 7) is 8.49. The predicted octanol–water partition coefficient (Wildman–Crippen LogP) is 0.588. The third-order valence-electron chi connectivity index (χ3n) is 1.94. The third-order valence-corrected chi connectivity index (χ3v) is 1.94. The molecule has 0 fully saturated rings. The van der Waals surface area contributed by atoms with Crippen LogP contribution in [0.15, 0.2) is 0 Å². The van der Waals surface area contributed by atoms with Crippen LogP contribution in [-0.2, 0) is 16.9 Å². The minimum Gasteiger partial charge on any atom is -0.341 e. The maximum atomic E-state index is 10.2. The van der Waals surface area contributed by atoms with Crippen LogP contribution in [-0.4, -0.2) is 21.2 Å². The van der Waals surface area contributed by atoms with Gasteiger partial charge in [-0.2, -0.15) is 0 Å². The summed E-state index contributed by atoms with van der Waals surface area (Å²) < 4.78 is 1.90. The number of rotatable bonds is 3. The predicted molar refractivity (Wildman–Crippen MR) is 52.7 cm³/mol. The first-order valence-corrected chi connectivity index (χ1v) is 4.54. The lowest BCUT2D eigenvalue weighted by molar-refractivity contribution is -0.110. The molecule has 1 aromatic rings. The van der Waals surface area contributed by atoms with Crippen molar-refractivity contribution in [2.45, 2.75) is 39.8 Å². The van der Waals surface area contributed by atoms with E-state index in [4.69, 9.17) is 0 Å². The van der Waals surface area contributed by atoms with Crippen LogP contribution < -0.4 is 5.32 Å². The van der Waals surface area contributed by atoms with Crippen molar-refractivity contribution in [3.8, 4) is 0 Å². The van der Waals surface area contributed by atoms with Crippen molar-refractivity contribution in [1.29, 1.82) is 0 Å². The number of nitrogens with one attached hydrogen (secondary N) is 1. The summed E-state index contributed by atoms with van der Waals surface area (Å²) in [4.78, 5) is 10.2. The second-order valence-electron chi connectivity index (χ2n) is 4.23. The monoisotopic (exact) mass is 196 g/mol. The van der Waals surface area contributed by atoms with Crippen LogP contribution in [0.4, 0.5) is 0 Å². The van der Waals surface area contributed by atoms with E-state index in [1.165, 1.54) is 0 Å². The molecule has 0 spiro atoms. The molecule has 14 heavy (non-hydrogen) atoms. The molecule has 1 aromatic heterocycles. The van der Waals surface area contributed by atoms with Gasteiger partial charge in [-0.25, -0.2) is 0 Å². The Morgan fingerprint density at radius 1 is 1.43 bits per heavy atom. The van der Waals surface area contributed by atoms with Crippen LogP contribution >= 0.6 is 0 Å². The lowest BCUT2D eigenvalue weighted by Gasteiger charge is -2.18. The molecule has 0 aliphatic rings. The largest absolute Gasteiger partial charge is 0.341 e. The van der Waals surface area contributed by atoms with Gasteiger partial charge in [-0.05, 0) is 6.92 Å². The van der Waals surface area contributed by atoms with Gasteiger partial charge in [0.05, 0.1) is 6.67 Å². The Morgan fingerprint density at radius 3 is 2.57 bits per heavy atom. The zero-order valence-electron chi connectivity index (χ0n) is 9.03. The van der Waals surface area contributed by atoms with Gasteiger partial charge in [-0.15, -0.1) is 10.2 Å². The second kappa shape index (κ2) is 3.77. The van der Waals surface area contributed by atoms with Gasteiger partial charge in [-0.3, -0.25) is 9.36 Å². The highest BCUT2D eigenvalue weighted by molar-refractivity contribution is 5.45. The van der Waals surface area contributed by atoms with Crippen LogP contribution in [0.3, 0.4) is 0 Å². The lowest BCUT2D eigenvalue weighted by atomic mass is 9.96. The number of hydrogen-bond donors (Lipinski definition) is 1. The van der Waals surface area contributed by atoms with Crippen LogP contribution in [0, 0.1) is 6.92 Å². The summed E-state index contributed by atoms with van der Waals surface area (Å²) in [7, 11) is 0. The quantitative estimate of drug-likeness (QED) is 0.720. The van der Waals surface area contributed by atoms with Crippen LogP contribution in [0.2, 0.25) is 0 Å². The van der Waals surface area contributed by atoms with Crippen molar-refractivity contribution in [3.05, 3.63) is 11.6 Å². The number of aromatic nitrogens is 3. The van der Waals surface area contributed by atoms with Crippen molar-refractivity contribution in [2.24, 2.45) is 0 Å². The van der Waals surface area contributed by atoms with Crippen molar-refractivity contribution in [2.75, 3.05) is 0 Å². The second-order valence-corrected chi connectivity index (χ2v) is 4.23. The van der Waals surface area contributed by atoms with Gasteiger partial charge < -0.3 is 5.32 Å². The van der Waals surface area contributed by atoms with Crippen molar-refractivity contribution in [1.82, 2.24) is 20.1 Å². The molecule has 0 atom stereocenters. The fraction of sp³-hybridized carbons (Fsp3) is 0.667. The lowest BCUT2D eigenvalue weighted by Crippen LogP contribution is -2.25. The summed E-state index contributed by atoms with van der Waals surface area (Å²) in [6, 6.07) is 0. The van der Waals surface area contributed by atoms with Gasteiger partial charge in [0.25, 0.3) is 0 Å². The van der Waals surface area contributed by atoms with E-state index in [0.717, 1.165) is 11.6 Å². The number of aryl methyl sites for hydroxylation is 1. The van der Waals surface area contributed by atoms with E-state index in [2.05, 4.69) is 36.3 Å². The van der Waals surface area contributed by atoms with Crippen molar-refractivity contribution < 1.29 is 4.79 Å². The molecule has 78 valence electrons. The van der Waals surface area contributed by atoms with Crippen LogP contribution in [0.5, 0.6) is 0 Å². The maximum Gasteiger partial charge on any atom is 0.208 e. The zero-order valence-corrected chi connectivity index (χ0v) is 9.03. The highest BCUT2D eigenvalue weighted by atomic mass is 16.1. The number of hydrogen-bond acceptors (Lipinski definition) is 3. The fourth-order valence-electron chi connectivity index (χ4n) is 1.25. The van der Waals surface area contributed by atoms with Crippen molar-refractivity contribution >= 4 is 6.41 Å². The van der Waals surface area contributed by atoms with Gasteiger partial charge in [0.15, 0.2) is 0 Å². The smallest absolute Gasteiger partial charge is 0.208 e.